The number of benzene rings is 2. The highest BCUT2D eigenvalue weighted by molar-refractivity contribution is 9.10. The number of cyclic esters (lactones) is 1. The summed E-state index contributed by atoms with van der Waals surface area (Å²) in [7, 11) is 2.83. The average Bonchev–Trinajstić information content (AvgIpc) is 3.29. The molecule has 0 saturated carbocycles. The Morgan fingerprint density at radius 3 is 2.68 bits per heavy atom. The average molecular weight is 493 g/mol. The van der Waals surface area contributed by atoms with Crippen LogP contribution in [0.1, 0.15) is 35.0 Å². The Morgan fingerprint density at radius 1 is 1.23 bits per heavy atom. The zero-order valence-electron chi connectivity index (χ0n) is 16.6. The highest BCUT2D eigenvalue weighted by Gasteiger charge is 2.47. The largest absolute Gasteiger partial charge is 0.493 e. The lowest BCUT2D eigenvalue weighted by atomic mass is 10.1. The molecule has 0 radical (unpaired) electrons. The van der Waals surface area contributed by atoms with Crippen LogP contribution in [-0.2, 0) is 14.3 Å². The van der Waals surface area contributed by atoms with Gasteiger partial charge in [0.15, 0.2) is 11.5 Å². The van der Waals surface area contributed by atoms with Crippen LogP contribution in [0, 0.1) is 5.82 Å². The number of methoxy groups -OCH3 is 2. The molecule has 2 heterocycles. The second-order valence-electron chi connectivity index (χ2n) is 6.99. The van der Waals surface area contributed by atoms with Crippen molar-refractivity contribution in [1.82, 2.24) is 4.90 Å². The number of esters is 1. The summed E-state index contributed by atoms with van der Waals surface area (Å²) in [6.07, 6.45) is -0.792. The third kappa shape index (κ3) is 3.60. The molecule has 1 saturated heterocycles. The van der Waals surface area contributed by atoms with Crippen LogP contribution in [0.15, 0.2) is 34.8 Å². The standard InChI is InChI=1S/C21H18BrFN2O6/c1-29-15-7-4-11-17(18(15)30-2)21(28)31-20(11)25-14(6-8-16(25)26)19(27)24-13-5-3-10(22)9-12(13)23/h3-5,7,9,14,20H,6,8H2,1-2H3,(H,24,27)/t14-,20-/m0/s1. The lowest BCUT2D eigenvalue weighted by molar-refractivity contribution is -0.144. The van der Waals surface area contributed by atoms with Gasteiger partial charge in [-0.15, -0.1) is 0 Å². The number of carbonyl (C=O) groups excluding carboxylic acids is 3. The maximum absolute atomic E-state index is 14.2. The lowest BCUT2D eigenvalue weighted by Crippen LogP contribution is -2.44. The number of rotatable bonds is 5. The molecule has 2 aliphatic heterocycles. The quantitative estimate of drug-likeness (QED) is 0.642. The number of anilines is 1. The highest BCUT2D eigenvalue weighted by atomic mass is 79.9. The molecule has 2 atom stereocenters. The Balaban J connectivity index is 1.65. The summed E-state index contributed by atoms with van der Waals surface area (Å²) in [5.74, 6) is -1.70. The summed E-state index contributed by atoms with van der Waals surface area (Å²) >= 11 is 3.16. The predicted molar refractivity (Wildman–Crippen MR) is 110 cm³/mol. The van der Waals surface area contributed by atoms with Crippen LogP contribution in [0.2, 0.25) is 0 Å². The molecular formula is C21H18BrFN2O6. The van der Waals surface area contributed by atoms with Gasteiger partial charge in [0.1, 0.15) is 17.4 Å². The van der Waals surface area contributed by atoms with Gasteiger partial charge in [-0.2, -0.15) is 0 Å². The minimum absolute atomic E-state index is 0.0114. The van der Waals surface area contributed by atoms with Crippen LogP contribution in [0.25, 0.3) is 0 Å². The Bertz CT molecular complexity index is 1090. The molecule has 0 bridgehead atoms. The summed E-state index contributed by atoms with van der Waals surface area (Å²) in [5.41, 5.74) is 0.526. The van der Waals surface area contributed by atoms with Crippen LogP contribution in [0.5, 0.6) is 11.5 Å². The number of fused-ring (bicyclic) bond motifs is 1. The van der Waals surface area contributed by atoms with Gasteiger partial charge < -0.3 is 19.5 Å². The number of hydrogen-bond donors (Lipinski definition) is 1. The van der Waals surface area contributed by atoms with Crippen molar-refractivity contribution in [3.05, 3.63) is 51.7 Å². The van der Waals surface area contributed by atoms with Crippen molar-refractivity contribution in [3.8, 4) is 11.5 Å². The molecule has 2 aliphatic rings. The number of nitrogens with one attached hydrogen (secondary N) is 1. The summed E-state index contributed by atoms with van der Waals surface area (Å²) < 4.78 is 30.7. The number of nitrogens with zero attached hydrogens (tertiary/aromatic N) is 1. The summed E-state index contributed by atoms with van der Waals surface area (Å²) in [5, 5.41) is 2.52. The van der Waals surface area contributed by atoms with E-state index in [4.69, 9.17) is 14.2 Å². The summed E-state index contributed by atoms with van der Waals surface area (Å²) in [4.78, 5) is 39.4. The molecule has 0 aromatic heterocycles. The Kier molecular flexibility index (Phi) is 5.57. The molecule has 2 aromatic carbocycles. The van der Waals surface area contributed by atoms with Gasteiger partial charge in [0.05, 0.1) is 19.9 Å². The molecule has 0 spiro atoms. The maximum Gasteiger partial charge on any atom is 0.344 e. The molecule has 1 N–H and O–H groups in total. The number of ether oxygens (including phenoxy) is 3. The number of likely N-dealkylation sites (tertiary alicyclic amines) is 1. The van der Waals surface area contributed by atoms with E-state index in [1.54, 1.807) is 18.2 Å². The number of halogens is 2. The Morgan fingerprint density at radius 2 is 2.00 bits per heavy atom. The number of carbonyl (C=O) groups is 3. The number of amides is 2. The van der Waals surface area contributed by atoms with Crippen LogP contribution in [0.4, 0.5) is 10.1 Å². The predicted octanol–water partition coefficient (Wildman–Crippen LogP) is 3.40. The van der Waals surface area contributed by atoms with E-state index in [1.807, 2.05) is 0 Å². The fourth-order valence-electron chi connectivity index (χ4n) is 3.85. The topological polar surface area (TPSA) is 94.2 Å². The molecule has 8 nitrogen and oxygen atoms in total. The van der Waals surface area contributed by atoms with Gasteiger partial charge in [-0.1, -0.05) is 15.9 Å². The van der Waals surface area contributed by atoms with Gasteiger partial charge in [0, 0.05) is 16.5 Å². The molecule has 2 aromatic rings. The monoisotopic (exact) mass is 492 g/mol. The van der Waals surface area contributed by atoms with Gasteiger partial charge in [0.2, 0.25) is 18.0 Å². The first-order chi connectivity index (χ1) is 14.8. The van der Waals surface area contributed by atoms with Crippen molar-refractivity contribution in [1.29, 1.82) is 0 Å². The Hall–Kier alpha value is -3.14. The zero-order valence-corrected chi connectivity index (χ0v) is 18.2. The fraction of sp³-hybridized carbons (Fsp3) is 0.286. The minimum Gasteiger partial charge on any atom is -0.493 e. The van der Waals surface area contributed by atoms with Gasteiger partial charge in [0.25, 0.3) is 0 Å². The van der Waals surface area contributed by atoms with Crippen LogP contribution >= 0.6 is 15.9 Å². The molecule has 162 valence electrons. The maximum atomic E-state index is 14.2. The van der Waals surface area contributed by atoms with E-state index in [1.165, 1.54) is 31.3 Å². The third-order valence-corrected chi connectivity index (χ3v) is 5.76. The van der Waals surface area contributed by atoms with Crippen molar-refractivity contribution in [2.75, 3.05) is 19.5 Å². The smallest absolute Gasteiger partial charge is 0.344 e. The minimum atomic E-state index is -1.09. The normalized spacial score (nSPS) is 19.8. The van der Waals surface area contributed by atoms with E-state index >= 15 is 0 Å². The van der Waals surface area contributed by atoms with E-state index in [0.717, 1.165) is 0 Å². The van der Waals surface area contributed by atoms with Crippen LogP contribution in [-0.4, -0.2) is 42.9 Å². The molecular weight excluding hydrogens is 475 g/mol. The van der Waals surface area contributed by atoms with Crippen molar-refractivity contribution in [2.24, 2.45) is 0 Å². The van der Waals surface area contributed by atoms with E-state index in [0.29, 0.717) is 15.8 Å². The highest BCUT2D eigenvalue weighted by Crippen LogP contribution is 2.45. The van der Waals surface area contributed by atoms with E-state index in [-0.39, 0.29) is 35.7 Å². The molecule has 10 heteroatoms. The fourth-order valence-corrected chi connectivity index (χ4v) is 4.18. The zero-order chi connectivity index (χ0) is 22.3. The van der Waals surface area contributed by atoms with E-state index in [2.05, 4.69) is 21.2 Å². The van der Waals surface area contributed by atoms with Gasteiger partial charge in [-0.25, -0.2) is 9.18 Å². The van der Waals surface area contributed by atoms with Gasteiger partial charge >= 0.3 is 5.97 Å². The van der Waals surface area contributed by atoms with Crippen molar-refractivity contribution >= 4 is 39.4 Å². The third-order valence-electron chi connectivity index (χ3n) is 5.27. The summed E-state index contributed by atoms with van der Waals surface area (Å²) in [6, 6.07) is 6.49. The van der Waals surface area contributed by atoms with Gasteiger partial charge in [-0.3, -0.25) is 14.5 Å². The molecule has 2 amide bonds. The van der Waals surface area contributed by atoms with Crippen molar-refractivity contribution in [3.63, 3.8) is 0 Å². The number of hydrogen-bond acceptors (Lipinski definition) is 6. The van der Waals surface area contributed by atoms with Crippen LogP contribution < -0.4 is 14.8 Å². The van der Waals surface area contributed by atoms with E-state index in [9.17, 15) is 18.8 Å². The molecule has 1 fully saturated rings. The Labute approximate surface area is 185 Å². The first-order valence-corrected chi connectivity index (χ1v) is 10.2. The SMILES string of the molecule is COc1ccc2c(c1OC)C(=O)O[C@@H]2N1C(=O)CC[C@H]1C(=O)Nc1ccc(Br)cc1F. The van der Waals surface area contributed by atoms with Crippen molar-refractivity contribution < 1.29 is 33.0 Å². The lowest BCUT2D eigenvalue weighted by Gasteiger charge is -2.29. The molecule has 0 unspecified atom stereocenters. The van der Waals surface area contributed by atoms with Crippen LogP contribution in [0.3, 0.4) is 0 Å². The first kappa shape index (κ1) is 21.1. The second-order valence-corrected chi connectivity index (χ2v) is 7.91. The molecule has 31 heavy (non-hydrogen) atoms. The summed E-state index contributed by atoms with van der Waals surface area (Å²) in [6.45, 7) is 0. The van der Waals surface area contributed by atoms with Crippen molar-refractivity contribution in [2.45, 2.75) is 25.1 Å². The molecule has 0 aliphatic carbocycles. The van der Waals surface area contributed by atoms with E-state index < -0.39 is 30.0 Å². The first-order valence-electron chi connectivity index (χ1n) is 9.38. The molecule has 4 rings (SSSR count). The second kappa shape index (κ2) is 8.18. The van der Waals surface area contributed by atoms with Gasteiger partial charge in [-0.05, 0) is 36.8 Å².